The first-order valence-electron chi connectivity index (χ1n) is 10.1. The van der Waals surface area contributed by atoms with Gasteiger partial charge in [-0.2, -0.15) is 5.01 Å². The first-order chi connectivity index (χ1) is 13.3. The number of rotatable bonds is 5. The van der Waals surface area contributed by atoms with Gasteiger partial charge in [-0.25, -0.2) is 0 Å². The quantitative estimate of drug-likeness (QED) is 0.741. The van der Waals surface area contributed by atoms with E-state index in [0.717, 1.165) is 30.8 Å². The fourth-order valence-electron chi connectivity index (χ4n) is 3.68. The van der Waals surface area contributed by atoms with Crippen LogP contribution in [0.2, 0.25) is 13.1 Å². The first kappa shape index (κ1) is 20.8. The minimum absolute atomic E-state index is 0.00412. The number of anilines is 1. The predicted octanol–water partition coefficient (Wildman–Crippen LogP) is 4.66. The SMILES string of the molecule is COc1cc2c(cc1C(C)(C)C)C(O[SiH](C)C)N(Nc1ccncc1)CCC2. The van der Waals surface area contributed by atoms with Gasteiger partial charge in [-0.1, -0.05) is 20.8 Å². The number of methoxy groups -OCH3 is 1. The number of hydrogen-bond donors (Lipinski definition) is 1. The normalized spacial score (nSPS) is 17.9. The zero-order valence-corrected chi connectivity index (χ0v) is 19.1. The summed E-state index contributed by atoms with van der Waals surface area (Å²) in [4.78, 5) is 4.12. The zero-order chi connectivity index (χ0) is 20.3. The lowest BCUT2D eigenvalue weighted by atomic mass is 9.83. The monoisotopic (exact) mass is 399 g/mol. The lowest BCUT2D eigenvalue weighted by molar-refractivity contribution is 0.0447. The van der Waals surface area contributed by atoms with E-state index < -0.39 is 9.04 Å². The molecule has 1 aromatic heterocycles. The molecule has 1 atom stereocenters. The molecule has 1 aliphatic rings. The van der Waals surface area contributed by atoms with Crippen molar-refractivity contribution in [2.75, 3.05) is 19.1 Å². The van der Waals surface area contributed by atoms with E-state index in [-0.39, 0.29) is 11.6 Å². The number of aromatic nitrogens is 1. The standard InChI is InChI=1S/C22H33N3O2Si/c1-22(2,3)19-15-18-16(14-20(19)26-4)8-7-13-25(21(18)27-28(5)6)24-17-9-11-23-12-10-17/h9-12,14-15,21,28H,7-8,13H2,1-6H3,(H,23,24). The first-order valence-corrected chi connectivity index (χ1v) is 12.9. The molecular weight excluding hydrogens is 366 g/mol. The maximum absolute atomic E-state index is 6.57. The fraction of sp³-hybridized carbons (Fsp3) is 0.500. The van der Waals surface area contributed by atoms with Crippen LogP contribution in [0, 0.1) is 0 Å². The van der Waals surface area contributed by atoms with Gasteiger partial charge in [0.15, 0.2) is 9.04 Å². The van der Waals surface area contributed by atoms with Gasteiger partial charge in [-0.05, 0) is 72.3 Å². The lowest BCUT2D eigenvalue weighted by Gasteiger charge is -2.34. The Labute approximate surface area is 170 Å². The third-order valence-corrected chi connectivity index (χ3v) is 5.82. The van der Waals surface area contributed by atoms with Crippen LogP contribution in [0.4, 0.5) is 5.69 Å². The number of nitrogens with one attached hydrogen (secondary N) is 1. The second-order valence-electron chi connectivity index (χ2n) is 8.68. The minimum Gasteiger partial charge on any atom is -0.496 e. The Bertz CT molecular complexity index is 790. The number of fused-ring (bicyclic) bond motifs is 1. The molecule has 28 heavy (non-hydrogen) atoms. The molecule has 3 rings (SSSR count). The van der Waals surface area contributed by atoms with E-state index in [1.165, 1.54) is 16.7 Å². The van der Waals surface area contributed by atoms with Gasteiger partial charge in [0.25, 0.3) is 0 Å². The second-order valence-corrected chi connectivity index (χ2v) is 11.1. The van der Waals surface area contributed by atoms with Crippen LogP contribution in [-0.4, -0.2) is 32.7 Å². The summed E-state index contributed by atoms with van der Waals surface area (Å²) in [7, 11) is 0.492. The second kappa shape index (κ2) is 8.63. The highest BCUT2D eigenvalue weighted by atomic mass is 28.3. The molecule has 1 aromatic carbocycles. The highest BCUT2D eigenvalue weighted by Crippen LogP contribution is 2.39. The van der Waals surface area contributed by atoms with Crippen molar-refractivity contribution < 1.29 is 9.16 Å². The van der Waals surface area contributed by atoms with E-state index in [4.69, 9.17) is 9.16 Å². The molecule has 2 heterocycles. The van der Waals surface area contributed by atoms with Crippen LogP contribution >= 0.6 is 0 Å². The van der Waals surface area contributed by atoms with E-state index in [9.17, 15) is 0 Å². The van der Waals surface area contributed by atoms with Gasteiger partial charge in [0, 0.05) is 18.9 Å². The van der Waals surface area contributed by atoms with E-state index >= 15 is 0 Å². The molecular formula is C22H33N3O2Si. The predicted molar refractivity (Wildman–Crippen MR) is 117 cm³/mol. The molecule has 2 aromatic rings. The van der Waals surface area contributed by atoms with E-state index in [1.807, 2.05) is 24.5 Å². The highest BCUT2D eigenvalue weighted by Gasteiger charge is 2.30. The summed E-state index contributed by atoms with van der Waals surface area (Å²) in [6, 6.07) is 8.51. The zero-order valence-electron chi connectivity index (χ0n) is 18.0. The summed E-state index contributed by atoms with van der Waals surface area (Å²) in [5.74, 6) is 0.974. The maximum atomic E-state index is 6.57. The van der Waals surface area contributed by atoms with E-state index in [1.54, 1.807) is 7.11 Å². The summed E-state index contributed by atoms with van der Waals surface area (Å²) in [6.45, 7) is 12.1. The van der Waals surface area contributed by atoms with Gasteiger partial charge in [-0.15, -0.1) is 0 Å². The topological polar surface area (TPSA) is 46.6 Å². The van der Waals surface area contributed by atoms with E-state index in [0.29, 0.717) is 0 Å². The number of benzene rings is 1. The molecule has 6 heteroatoms. The molecule has 0 spiro atoms. The Morgan fingerprint density at radius 1 is 1.18 bits per heavy atom. The average Bonchev–Trinajstić information content (AvgIpc) is 2.80. The Balaban J connectivity index is 2.06. The lowest BCUT2D eigenvalue weighted by Crippen LogP contribution is -2.37. The fourth-order valence-corrected chi connectivity index (χ4v) is 4.49. The summed E-state index contributed by atoms with van der Waals surface area (Å²) in [6.07, 6.45) is 5.59. The van der Waals surface area contributed by atoms with Crippen molar-refractivity contribution in [1.29, 1.82) is 0 Å². The van der Waals surface area contributed by atoms with Crippen molar-refractivity contribution in [1.82, 2.24) is 9.99 Å². The van der Waals surface area contributed by atoms with Crippen molar-refractivity contribution in [2.24, 2.45) is 0 Å². The molecule has 0 bridgehead atoms. The minimum atomic E-state index is -1.27. The number of hydrogen-bond acceptors (Lipinski definition) is 5. The van der Waals surface area contributed by atoms with Crippen molar-refractivity contribution >= 4 is 14.7 Å². The maximum Gasteiger partial charge on any atom is 0.173 e. The van der Waals surface area contributed by atoms with Crippen LogP contribution in [-0.2, 0) is 16.3 Å². The Kier molecular flexibility index (Phi) is 6.42. The highest BCUT2D eigenvalue weighted by molar-refractivity contribution is 6.48. The molecule has 0 amide bonds. The average molecular weight is 400 g/mol. The van der Waals surface area contributed by atoms with Gasteiger partial charge in [0.05, 0.1) is 12.8 Å². The molecule has 0 aliphatic carbocycles. The summed E-state index contributed by atoms with van der Waals surface area (Å²) >= 11 is 0. The summed E-state index contributed by atoms with van der Waals surface area (Å²) in [5, 5.41) is 2.24. The van der Waals surface area contributed by atoms with Crippen LogP contribution in [0.1, 0.15) is 50.1 Å². The van der Waals surface area contributed by atoms with Crippen LogP contribution in [0.3, 0.4) is 0 Å². The Morgan fingerprint density at radius 3 is 2.50 bits per heavy atom. The molecule has 1 aliphatic heterocycles. The smallest absolute Gasteiger partial charge is 0.173 e. The Morgan fingerprint density at radius 2 is 1.89 bits per heavy atom. The molecule has 1 N–H and O–H groups in total. The van der Waals surface area contributed by atoms with Crippen LogP contribution in [0.25, 0.3) is 0 Å². The van der Waals surface area contributed by atoms with Crippen LogP contribution in [0.5, 0.6) is 5.75 Å². The number of hydrazine groups is 1. The number of aryl methyl sites for hydroxylation is 1. The van der Waals surface area contributed by atoms with Gasteiger partial charge >= 0.3 is 0 Å². The number of pyridine rings is 1. The molecule has 152 valence electrons. The molecule has 0 saturated carbocycles. The van der Waals surface area contributed by atoms with Gasteiger partial charge in [-0.3, -0.25) is 4.98 Å². The third-order valence-electron chi connectivity index (χ3n) is 5.02. The van der Waals surface area contributed by atoms with Crippen molar-refractivity contribution in [3.63, 3.8) is 0 Å². The van der Waals surface area contributed by atoms with Crippen molar-refractivity contribution in [3.8, 4) is 5.75 Å². The Hall–Kier alpha value is -1.89. The van der Waals surface area contributed by atoms with Gasteiger partial charge < -0.3 is 14.6 Å². The molecule has 1 unspecified atom stereocenters. The summed E-state index contributed by atoms with van der Waals surface area (Å²) < 4.78 is 12.3. The van der Waals surface area contributed by atoms with Crippen molar-refractivity contribution in [3.05, 3.63) is 53.3 Å². The molecule has 0 radical (unpaired) electrons. The van der Waals surface area contributed by atoms with Gasteiger partial charge in [0.2, 0.25) is 0 Å². The largest absolute Gasteiger partial charge is 0.496 e. The molecule has 0 saturated heterocycles. The number of ether oxygens (including phenoxy) is 1. The third kappa shape index (κ3) is 4.74. The molecule has 0 fully saturated rings. The van der Waals surface area contributed by atoms with Crippen LogP contribution < -0.4 is 10.2 Å². The van der Waals surface area contributed by atoms with Crippen LogP contribution in [0.15, 0.2) is 36.7 Å². The summed E-state index contributed by atoms with van der Waals surface area (Å²) in [5.41, 5.74) is 8.39. The van der Waals surface area contributed by atoms with E-state index in [2.05, 4.69) is 61.4 Å². The number of nitrogens with zero attached hydrogens (tertiary/aromatic N) is 2. The molecule has 5 nitrogen and oxygen atoms in total. The van der Waals surface area contributed by atoms with Gasteiger partial charge in [0.1, 0.15) is 12.0 Å². The van der Waals surface area contributed by atoms with Crippen molar-refractivity contribution in [2.45, 2.75) is 58.3 Å².